The molecule has 0 aliphatic heterocycles. The summed E-state index contributed by atoms with van der Waals surface area (Å²) in [7, 11) is 4.07. The molecule has 1 aromatic rings. The van der Waals surface area contributed by atoms with Crippen LogP contribution in [-0.2, 0) is 0 Å². The van der Waals surface area contributed by atoms with E-state index >= 15 is 0 Å². The third-order valence-electron chi connectivity index (χ3n) is 4.02. The molecule has 18 heavy (non-hydrogen) atoms. The van der Waals surface area contributed by atoms with Gasteiger partial charge in [-0.05, 0) is 30.4 Å². The maximum Gasteiger partial charge on any atom is 0.0786 e. The number of halogens is 1. The van der Waals surface area contributed by atoms with Crippen LogP contribution in [0.5, 0.6) is 0 Å². The zero-order chi connectivity index (χ0) is 13.3. The number of nitrogens with one attached hydrogen (secondary N) is 1. The van der Waals surface area contributed by atoms with Crippen molar-refractivity contribution in [3.63, 3.8) is 0 Å². The number of rotatable bonds is 3. The summed E-state index contributed by atoms with van der Waals surface area (Å²) in [6.45, 7) is 4.69. The van der Waals surface area contributed by atoms with Gasteiger partial charge in [-0.1, -0.05) is 37.9 Å². The van der Waals surface area contributed by atoms with Crippen LogP contribution in [0.4, 0.5) is 11.4 Å². The van der Waals surface area contributed by atoms with Gasteiger partial charge in [0.1, 0.15) is 0 Å². The zero-order valence-corrected chi connectivity index (χ0v) is 12.5. The van der Waals surface area contributed by atoms with Gasteiger partial charge in [-0.15, -0.1) is 0 Å². The van der Waals surface area contributed by atoms with Crippen molar-refractivity contribution in [2.24, 2.45) is 5.41 Å². The summed E-state index contributed by atoms with van der Waals surface area (Å²) in [4.78, 5) is 2.08. The molecular weight excluding hydrogens is 244 g/mol. The largest absolute Gasteiger partial charge is 0.380 e. The number of hydrogen-bond acceptors (Lipinski definition) is 2. The van der Waals surface area contributed by atoms with E-state index in [-0.39, 0.29) is 0 Å². The Balaban J connectivity index is 2.27. The molecule has 3 heteroatoms. The molecule has 1 aliphatic rings. The standard InChI is InChI=1S/C15H23ClN2/c1-15(2)10-6-9-13(15)17-12-8-5-7-11(16)14(12)18(3)4/h5,7-8,13,17H,6,9-10H2,1-4H3. The van der Waals surface area contributed by atoms with E-state index < -0.39 is 0 Å². The van der Waals surface area contributed by atoms with Gasteiger partial charge in [0.25, 0.3) is 0 Å². The van der Waals surface area contributed by atoms with Crippen molar-refractivity contribution in [1.82, 2.24) is 0 Å². The van der Waals surface area contributed by atoms with Crippen molar-refractivity contribution in [3.05, 3.63) is 23.2 Å². The molecule has 0 radical (unpaired) electrons. The van der Waals surface area contributed by atoms with Crippen LogP contribution >= 0.6 is 11.6 Å². The highest BCUT2D eigenvalue weighted by Gasteiger charge is 2.34. The summed E-state index contributed by atoms with van der Waals surface area (Å²) in [5.41, 5.74) is 2.60. The van der Waals surface area contributed by atoms with Crippen molar-refractivity contribution in [2.45, 2.75) is 39.2 Å². The van der Waals surface area contributed by atoms with Crippen LogP contribution in [0.1, 0.15) is 33.1 Å². The molecule has 0 aromatic heterocycles. The Morgan fingerprint density at radius 3 is 2.61 bits per heavy atom. The first-order valence-corrected chi connectivity index (χ1v) is 7.02. The van der Waals surface area contributed by atoms with Crippen LogP contribution in [0.15, 0.2) is 18.2 Å². The fourth-order valence-electron chi connectivity index (χ4n) is 2.87. The third kappa shape index (κ3) is 2.59. The summed E-state index contributed by atoms with van der Waals surface area (Å²) >= 11 is 6.30. The molecule has 0 spiro atoms. The van der Waals surface area contributed by atoms with Gasteiger partial charge in [-0.2, -0.15) is 0 Å². The Hall–Kier alpha value is -0.890. The van der Waals surface area contributed by atoms with Crippen molar-refractivity contribution in [2.75, 3.05) is 24.3 Å². The summed E-state index contributed by atoms with van der Waals surface area (Å²) in [6, 6.07) is 6.62. The molecule has 1 unspecified atom stereocenters. The summed E-state index contributed by atoms with van der Waals surface area (Å²) < 4.78 is 0. The van der Waals surface area contributed by atoms with E-state index in [1.165, 1.54) is 19.3 Å². The van der Waals surface area contributed by atoms with Gasteiger partial charge in [-0.25, -0.2) is 0 Å². The van der Waals surface area contributed by atoms with Gasteiger partial charge in [0.15, 0.2) is 0 Å². The van der Waals surface area contributed by atoms with Crippen LogP contribution in [0, 0.1) is 5.41 Å². The SMILES string of the molecule is CN(C)c1c(Cl)cccc1NC1CCCC1(C)C. The average Bonchev–Trinajstić information content (AvgIpc) is 2.58. The number of hydrogen-bond donors (Lipinski definition) is 1. The minimum Gasteiger partial charge on any atom is -0.380 e. The molecule has 100 valence electrons. The lowest BCUT2D eigenvalue weighted by molar-refractivity contribution is 0.350. The molecule has 1 fully saturated rings. The van der Waals surface area contributed by atoms with E-state index in [9.17, 15) is 0 Å². The fourth-order valence-corrected chi connectivity index (χ4v) is 3.21. The van der Waals surface area contributed by atoms with Crippen molar-refractivity contribution >= 4 is 23.0 Å². The predicted octanol–water partition coefficient (Wildman–Crippen LogP) is 4.40. The first-order valence-electron chi connectivity index (χ1n) is 6.64. The highest BCUT2D eigenvalue weighted by atomic mass is 35.5. The highest BCUT2D eigenvalue weighted by Crippen LogP contribution is 2.41. The van der Waals surface area contributed by atoms with Crippen LogP contribution in [0.2, 0.25) is 5.02 Å². The van der Waals surface area contributed by atoms with E-state index in [4.69, 9.17) is 11.6 Å². The molecule has 2 rings (SSSR count). The first kappa shape index (κ1) is 13.5. The fraction of sp³-hybridized carbons (Fsp3) is 0.600. The van der Waals surface area contributed by atoms with Gasteiger partial charge in [0.05, 0.1) is 16.4 Å². The average molecular weight is 267 g/mol. The Morgan fingerprint density at radius 2 is 2.06 bits per heavy atom. The maximum atomic E-state index is 6.30. The monoisotopic (exact) mass is 266 g/mol. The molecule has 2 nitrogen and oxygen atoms in total. The van der Waals surface area contributed by atoms with E-state index in [1.807, 2.05) is 26.2 Å². The van der Waals surface area contributed by atoms with Crippen LogP contribution in [0.25, 0.3) is 0 Å². The topological polar surface area (TPSA) is 15.3 Å². The van der Waals surface area contributed by atoms with Crippen LogP contribution in [0.3, 0.4) is 0 Å². The van der Waals surface area contributed by atoms with Gasteiger partial charge >= 0.3 is 0 Å². The minimum atomic E-state index is 0.367. The van der Waals surface area contributed by atoms with Gasteiger partial charge < -0.3 is 10.2 Å². The normalized spacial score (nSPS) is 21.9. The Labute approximate surface area is 115 Å². The van der Waals surface area contributed by atoms with Crippen molar-refractivity contribution in [1.29, 1.82) is 0 Å². The zero-order valence-electron chi connectivity index (χ0n) is 11.8. The molecule has 1 N–H and O–H groups in total. The molecule has 0 heterocycles. The number of anilines is 2. The van der Waals surface area contributed by atoms with E-state index in [0.29, 0.717) is 11.5 Å². The lowest BCUT2D eigenvalue weighted by Crippen LogP contribution is -2.31. The second-order valence-electron chi connectivity index (χ2n) is 6.11. The van der Waals surface area contributed by atoms with Crippen molar-refractivity contribution < 1.29 is 0 Å². The van der Waals surface area contributed by atoms with Gasteiger partial charge in [0, 0.05) is 20.1 Å². The summed E-state index contributed by atoms with van der Waals surface area (Å²) in [6.07, 6.45) is 3.84. The number of benzene rings is 1. The second kappa shape index (κ2) is 5.00. The molecule has 0 amide bonds. The van der Waals surface area contributed by atoms with Gasteiger partial charge in [-0.3, -0.25) is 0 Å². The van der Waals surface area contributed by atoms with Crippen LogP contribution < -0.4 is 10.2 Å². The molecular formula is C15H23ClN2. The highest BCUT2D eigenvalue weighted by molar-refractivity contribution is 6.34. The van der Waals surface area contributed by atoms with E-state index in [2.05, 4.69) is 30.1 Å². The van der Waals surface area contributed by atoms with Crippen molar-refractivity contribution in [3.8, 4) is 0 Å². The number of nitrogens with zero attached hydrogens (tertiary/aromatic N) is 1. The Bertz CT molecular complexity index is 427. The second-order valence-corrected chi connectivity index (χ2v) is 6.52. The molecule has 1 saturated carbocycles. The lowest BCUT2D eigenvalue weighted by Gasteiger charge is -2.30. The molecule has 0 bridgehead atoms. The predicted molar refractivity (Wildman–Crippen MR) is 80.8 cm³/mol. The first-order chi connectivity index (χ1) is 8.42. The molecule has 1 aliphatic carbocycles. The minimum absolute atomic E-state index is 0.367. The Kier molecular flexibility index (Phi) is 3.76. The van der Waals surface area contributed by atoms with Gasteiger partial charge in [0.2, 0.25) is 0 Å². The lowest BCUT2D eigenvalue weighted by atomic mass is 9.87. The molecule has 1 aromatic carbocycles. The molecule has 0 saturated heterocycles. The Morgan fingerprint density at radius 1 is 1.33 bits per heavy atom. The van der Waals surface area contributed by atoms with Crippen LogP contribution in [-0.4, -0.2) is 20.1 Å². The smallest absolute Gasteiger partial charge is 0.0786 e. The van der Waals surface area contributed by atoms with E-state index in [0.717, 1.165) is 16.4 Å². The van der Waals surface area contributed by atoms with E-state index in [1.54, 1.807) is 0 Å². The maximum absolute atomic E-state index is 6.30. The summed E-state index contributed by atoms with van der Waals surface area (Å²) in [5.74, 6) is 0. The third-order valence-corrected chi connectivity index (χ3v) is 4.33. The quantitative estimate of drug-likeness (QED) is 0.873. The molecule has 1 atom stereocenters. The number of para-hydroxylation sites is 1. The summed E-state index contributed by atoms with van der Waals surface area (Å²) in [5, 5.41) is 4.50.